The number of phenols is 2. The summed E-state index contributed by atoms with van der Waals surface area (Å²) in [6, 6.07) is 22.9. The standard InChI is InChI=1S/C67H69N13O6/c1-3-40-6-5-7-42-26-47(81)28-52(57(40)42)56-15-14-50-60(71-56)73-65(75-62(50)79-32-43-9-10-44(33-79)69-43)86-39-67(37-78-20-24-84-25-21-78)30-55(67)49-13-8-41(4-2)58-51(49)27-48(82)29-53(58)59-68-31-54-61(72-59)74-64(76-63(54)80-34-45-11-12-46(35-80)70-45)85-38-66(16-17-66)36-77-18-22-83-23-19-77/h1-2,5-8,13-15,26-29,31,43-46,55,69-70,81-82H,9-12,16-25,30,32-39H2. The molecule has 8 fully saturated rings. The van der Waals surface area contributed by atoms with Crippen molar-refractivity contribution in [3.05, 3.63) is 89.6 Å². The van der Waals surface area contributed by atoms with Gasteiger partial charge in [-0.3, -0.25) is 9.80 Å². The number of aromatic hydroxyl groups is 2. The Morgan fingerprint density at radius 1 is 0.605 bits per heavy atom. The third-order valence-corrected chi connectivity index (χ3v) is 19.7. The number of anilines is 2. The highest BCUT2D eigenvalue weighted by Gasteiger charge is 2.57. The zero-order valence-electron chi connectivity index (χ0n) is 48.2. The molecule has 4 N–H and O–H groups in total. The maximum atomic E-state index is 11.9. The number of hydrogen-bond acceptors (Lipinski definition) is 19. The second-order valence-corrected chi connectivity index (χ2v) is 25.5. The van der Waals surface area contributed by atoms with Crippen molar-refractivity contribution in [3.63, 3.8) is 0 Å². The number of ether oxygens (including phenoxy) is 4. The van der Waals surface area contributed by atoms with Crippen LogP contribution in [-0.4, -0.2) is 184 Å². The number of piperazine rings is 2. The van der Waals surface area contributed by atoms with E-state index in [1.165, 1.54) is 0 Å². The van der Waals surface area contributed by atoms with Crippen LogP contribution < -0.4 is 29.9 Å². The molecule has 4 bridgehead atoms. The first kappa shape index (κ1) is 53.5. The summed E-state index contributed by atoms with van der Waals surface area (Å²) in [5.74, 6) is 7.95. The fourth-order valence-electron chi connectivity index (χ4n) is 15.1. The topological polar surface area (TPSA) is 205 Å². The molecule has 16 rings (SSSR count). The van der Waals surface area contributed by atoms with E-state index in [4.69, 9.17) is 66.7 Å². The van der Waals surface area contributed by atoms with E-state index in [0.717, 1.165) is 173 Å². The number of aromatic nitrogens is 7. The van der Waals surface area contributed by atoms with Gasteiger partial charge in [0.1, 0.15) is 23.1 Å². The number of phenolic OH excluding ortho intramolecular Hbond substituents is 2. The van der Waals surface area contributed by atoms with Crippen LogP contribution in [0.1, 0.15) is 67.6 Å². The fourth-order valence-corrected chi connectivity index (χ4v) is 15.1. The summed E-state index contributed by atoms with van der Waals surface area (Å²) in [5.41, 5.74) is 4.98. The van der Waals surface area contributed by atoms with Crippen LogP contribution in [0.2, 0.25) is 0 Å². The van der Waals surface area contributed by atoms with Gasteiger partial charge in [0.15, 0.2) is 17.1 Å². The van der Waals surface area contributed by atoms with Gasteiger partial charge in [-0.05, 0) is 116 Å². The van der Waals surface area contributed by atoms with Crippen LogP contribution in [0.4, 0.5) is 11.6 Å². The second-order valence-electron chi connectivity index (χ2n) is 25.5. The molecule has 19 nitrogen and oxygen atoms in total. The average molecular weight is 1150 g/mol. The molecule has 19 heteroatoms. The highest BCUT2D eigenvalue weighted by Crippen LogP contribution is 2.62. The van der Waals surface area contributed by atoms with E-state index >= 15 is 0 Å². The second kappa shape index (κ2) is 21.4. The van der Waals surface area contributed by atoms with Gasteiger partial charge in [0.2, 0.25) is 0 Å². The van der Waals surface area contributed by atoms with Gasteiger partial charge in [-0.25, -0.2) is 15.0 Å². The van der Waals surface area contributed by atoms with Gasteiger partial charge in [-0.1, -0.05) is 30.0 Å². The monoisotopic (exact) mass is 1150 g/mol. The van der Waals surface area contributed by atoms with Crippen molar-refractivity contribution in [1.29, 1.82) is 0 Å². The lowest BCUT2D eigenvalue weighted by Gasteiger charge is -2.34. The van der Waals surface area contributed by atoms with Crippen molar-refractivity contribution in [3.8, 4) is 70.9 Å². The van der Waals surface area contributed by atoms with Gasteiger partial charge in [-0.2, -0.15) is 19.9 Å². The number of nitrogens with zero attached hydrogens (tertiary/aromatic N) is 11. The van der Waals surface area contributed by atoms with Crippen molar-refractivity contribution < 1.29 is 29.2 Å². The summed E-state index contributed by atoms with van der Waals surface area (Å²) in [5, 5.41) is 35.2. The first-order valence-electron chi connectivity index (χ1n) is 30.7. The SMILES string of the molecule is C#Cc1cccc2cc(O)cc(-c3ccc4c(N5CC6CCC(C5)N6)nc(OCC5(CN6CCOCC6)CC5c5ccc(C#C)c6c(-c7ncc8c(N9CC%10CCC(C9)N%10)nc(OCC9(CN%10CCOCC%10)CC9)nc8n7)cc(O)cc56)nc4n3)c12. The van der Waals surface area contributed by atoms with Crippen LogP contribution >= 0.6 is 0 Å². The van der Waals surface area contributed by atoms with Crippen LogP contribution in [0, 0.1) is 35.5 Å². The fraction of sp³-hybridized carbons (Fsp3) is 0.448. The minimum atomic E-state index is -0.393. The molecule has 0 amide bonds. The third-order valence-electron chi connectivity index (χ3n) is 19.7. The van der Waals surface area contributed by atoms with Crippen LogP contribution in [0.15, 0.2) is 72.9 Å². The van der Waals surface area contributed by atoms with Gasteiger partial charge >= 0.3 is 12.0 Å². The van der Waals surface area contributed by atoms with E-state index in [9.17, 15) is 10.2 Å². The molecule has 4 aromatic carbocycles. The molecule has 0 radical (unpaired) electrons. The zero-order valence-corrected chi connectivity index (χ0v) is 48.2. The van der Waals surface area contributed by atoms with Crippen LogP contribution in [0.3, 0.4) is 0 Å². The number of rotatable bonds is 15. The van der Waals surface area contributed by atoms with Crippen molar-refractivity contribution in [2.45, 2.75) is 75.0 Å². The minimum Gasteiger partial charge on any atom is -0.508 e. The number of terminal acetylenes is 2. The van der Waals surface area contributed by atoms with Crippen molar-refractivity contribution in [1.82, 2.24) is 55.3 Å². The van der Waals surface area contributed by atoms with E-state index in [1.807, 2.05) is 48.7 Å². The summed E-state index contributed by atoms with van der Waals surface area (Å²) in [6.45, 7) is 12.0. The zero-order chi connectivity index (χ0) is 57.7. The van der Waals surface area contributed by atoms with Crippen molar-refractivity contribution in [2.24, 2.45) is 10.8 Å². The molecule has 6 atom stereocenters. The number of pyridine rings is 1. The number of benzene rings is 4. The lowest BCUT2D eigenvalue weighted by molar-refractivity contribution is 0.0223. The van der Waals surface area contributed by atoms with Gasteiger partial charge in [0.25, 0.3) is 0 Å². The highest BCUT2D eigenvalue weighted by atomic mass is 16.5. The highest BCUT2D eigenvalue weighted by molar-refractivity contribution is 6.04. The molecule has 6 unspecified atom stereocenters. The predicted octanol–water partition coefficient (Wildman–Crippen LogP) is 7.03. The van der Waals surface area contributed by atoms with Crippen LogP contribution in [0.5, 0.6) is 23.5 Å². The van der Waals surface area contributed by atoms with E-state index in [0.29, 0.717) is 102 Å². The summed E-state index contributed by atoms with van der Waals surface area (Å²) in [7, 11) is 0. The lowest BCUT2D eigenvalue weighted by atomic mass is 9.90. The summed E-state index contributed by atoms with van der Waals surface area (Å²) in [4.78, 5) is 45.7. The first-order chi connectivity index (χ1) is 42.1. The molecule has 2 aliphatic carbocycles. The molecule has 86 heavy (non-hydrogen) atoms. The van der Waals surface area contributed by atoms with Crippen LogP contribution in [-0.2, 0) is 9.47 Å². The van der Waals surface area contributed by atoms with Gasteiger partial charge in [-0.15, -0.1) is 12.8 Å². The summed E-state index contributed by atoms with van der Waals surface area (Å²) in [6.07, 6.45) is 21.8. The van der Waals surface area contributed by atoms with E-state index in [2.05, 4.69) is 48.1 Å². The Labute approximate surface area is 498 Å². The maximum absolute atomic E-state index is 11.9. The lowest BCUT2D eigenvalue weighted by Crippen LogP contribution is -2.51. The molecule has 10 heterocycles. The van der Waals surface area contributed by atoms with Gasteiger partial charge < -0.3 is 49.6 Å². The molecular formula is C67H69N13O6. The molecule has 6 aliphatic heterocycles. The molecule has 6 saturated heterocycles. The summed E-state index contributed by atoms with van der Waals surface area (Å²) < 4.78 is 25.2. The number of fused-ring (bicyclic) bond motifs is 8. The van der Waals surface area contributed by atoms with Crippen molar-refractivity contribution >= 4 is 55.2 Å². The maximum Gasteiger partial charge on any atom is 0.320 e. The molecule has 8 aliphatic rings. The number of nitrogens with one attached hydrogen (secondary N) is 2. The van der Waals surface area contributed by atoms with E-state index in [1.54, 1.807) is 18.2 Å². The Bertz CT molecular complexity index is 4070. The Hall–Kier alpha value is -8.01. The van der Waals surface area contributed by atoms with E-state index in [-0.39, 0.29) is 28.8 Å². The smallest absolute Gasteiger partial charge is 0.320 e. The predicted molar refractivity (Wildman–Crippen MR) is 329 cm³/mol. The molecule has 2 saturated carbocycles. The molecular weight excluding hydrogens is 1080 g/mol. The Balaban J connectivity index is 0.757. The Morgan fingerprint density at radius 2 is 1.21 bits per heavy atom. The molecule has 8 aromatic rings. The van der Waals surface area contributed by atoms with Crippen molar-refractivity contribution in [2.75, 3.05) is 115 Å². The van der Waals surface area contributed by atoms with E-state index < -0.39 is 5.41 Å². The molecule has 0 spiro atoms. The molecule has 438 valence electrons. The normalized spacial score (nSPS) is 25.2. The largest absolute Gasteiger partial charge is 0.508 e. The third kappa shape index (κ3) is 9.97. The minimum absolute atomic E-state index is 0.00739. The number of hydrogen-bond donors (Lipinski definition) is 4. The molecule has 4 aromatic heterocycles. The van der Waals surface area contributed by atoms with Gasteiger partial charge in [0, 0.05) is 140 Å². The first-order valence-corrected chi connectivity index (χ1v) is 30.7. The summed E-state index contributed by atoms with van der Waals surface area (Å²) >= 11 is 0. The average Bonchev–Trinajstić information content (AvgIpc) is 2.08. The Kier molecular flexibility index (Phi) is 13.3. The van der Waals surface area contributed by atoms with Crippen LogP contribution in [0.25, 0.3) is 66.3 Å². The van der Waals surface area contributed by atoms with Gasteiger partial charge in [0.05, 0.1) is 56.1 Å². The quantitative estimate of drug-likeness (QED) is 0.0761. The Morgan fingerprint density at radius 3 is 1.87 bits per heavy atom. The number of morpholine rings is 2.